The maximum Gasteiger partial charge on any atom is 0.102 e. The number of hydrogen-bond acceptors (Lipinski definition) is 3. The van der Waals surface area contributed by atoms with Gasteiger partial charge in [-0.2, -0.15) is 0 Å². The number of thioether (sulfide) groups is 1. The molecule has 1 atom stereocenters. The van der Waals surface area contributed by atoms with E-state index in [0.717, 1.165) is 15.9 Å². The average Bonchev–Trinajstić information content (AvgIpc) is 2.51. The van der Waals surface area contributed by atoms with Crippen molar-refractivity contribution in [2.45, 2.75) is 17.3 Å². The third-order valence-corrected chi connectivity index (χ3v) is 2.63. The van der Waals surface area contributed by atoms with E-state index < -0.39 is 5.44 Å². The van der Waals surface area contributed by atoms with E-state index in [1.165, 1.54) is 11.8 Å². The molecule has 0 aliphatic carbocycles. The second kappa shape index (κ2) is 3.40. The fourth-order valence-electron chi connectivity index (χ4n) is 1.22. The van der Waals surface area contributed by atoms with E-state index in [0.29, 0.717) is 0 Å². The summed E-state index contributed by atoms with van der Waals surface area (Å²) in [5.41, 5.74) is 1.53. The summed E-state index contributed by atoms with van der Waals surface area (Å²) in [5, 5.41) is 9.23. The number of benzene rings is 1. The molecule has 2 N–H and O–H groups in total. The first-order valence-corrected chi connectivity index (χ1v) is 4.92. The lowest BCUT2D eigenvalue weighted by Crippen LogP contribution is -1.91. The van der Waals surface area contributed by atoms with Gasteiger partial charge in [-0.1, -0.05) is 17.8 Å². The van der Waals surface area contributed by atoms with Crippen LogP contribution in [-0.2, 0) is 0 Å². The van der Waals surface area contributed by atoms with Crippen molar-refractivity contribution >= 4 is 22.8 Å². The topological polar surface area (TPSA) is 48.9 Å². The zero-order chi connectivity index (χ0) is 9.26. The van der Waals surface area contributed by atoms with Crippen molar-refractivity contribution in [2.24, 2.45) is 0 Å². The Hall–Kier alpha value is -1.00. The number of aliphatic hydroxyl groups excluding tert-OH is 1. The third-order valence-electron chi connectivity index (χ3n) is 1.71. The number of nitrogens with one attached hydrogen (secondary N) is 1. The minimum Gasteiger partial charge on any atom is -0.382 e. The van der Waals surface area contributed by atoms with Crippen molar-refractivity contribution in [3.05, 3.63) is 24.5 Å². The Balaban J connectivity index is 2.48. The molecule has 2 rings (SSSR count). The molecule has 0 aliphatic rings. The first-order valence-electron chi connectivity index (χ1n) is 4.04. The van der Waals surface area contributed by atoms with Crippen LogP contribution in [0.1, 0.15) is 6.92 Å². The Kier molecular flexibility index (Phi) is 2.24. The molecular formula is C9H10N2OS. The number of nitrogens with zero attached hydrogens (tertiary/aromatic N) is 1. The smallest absolute Gasteiger partial charge is 0.102 e. The Morgan fingerprint density at radius 3 is 3.15 bits per heavy atom. The van der Waals surface area contributed by atoms with Crippen LogP contribution in [0.4, 0.5) is 0 Å². The van der Waals surface area contributed by atoms with Gasteiger partial charge in [0.2, 0.25) is 0 Å². The van der Waals surface area contributed by atoms with Crippen LogP contribution >= 0.6 is 11.8 Å². The van der Waals surface area contributed by atoms with Gasteiger partial charge in [-0.3, -0.25) is 0 Å². The summed E-state index contributed by atoms with van der Waals surface area (Å²) in [6.07, 6.45) is 1.66. The molecule has 0 saturated heterocycles. The van der Waals surface area contributed by atoms with Crippen LogP contribution in [0.2, 0.25) is 0 Å². The van der Waals surface area contributed by atoms with Gasteiger partial charge in [0.1, 0.15) is 11.0 Å². The van der Waals surface area contributed by atoms with Crippen LogP contribution in [0.15, 0.2) is 29.4 Å². The molecule has 3 nitrogen and oxygen atoms in total. The molecule has 0 spiro atoms. The summed E-state index contributed by atoms with van der Waals surface area (Å²) in [6, 6.07) is 5.88. The summed E-state index contributed by atoms with van der Waals surface area (Å²) in [4.78, 5) is 8.22. The van der Waals surface area contributed by atoms with E-state index in [9.17, 15) is 5.11 Å². The number of aromatic nitrogens is 2. The Labute approximate surface area is 80.2 Å². The van der Waals surface area contributed by atoms with Crippen molar-refractivity contribution in [1.29, 1.82) is 0 Å². The molecule has 0 aliphatic heterocycles. The maximum atomic E-state index is 9.23. The van der Waals surface area contributed by atoms with E-state index in [1.807, 2.05) is 18.2 Å². The van der Waals surface area contributed by atoms with Crippen LogP contribution in [-0.4, -0.2) is 20.5 Å². The highest BCUT2D eigenvalue weighted by Gasteiger charge is 2.05. The third kappa shape index (κ3) is 1.68. The number of aliphatic hydroxyl groups is 1. The van der Waals surface area contributed by atoms with Gasteiger partial charge in [-0.05, 0) is 19.1 Å². The van der Waals surface area contributed by atoms with Gasteiger partial charge >= 0.3 is 0 Å². The summed E-state index contributed by atoms with van der Waals surface area (Å²) in [5.74, 6) is 0. The van der Waals surface area contributed by atoms with Crippen LogP contribution in [0.3, 0.4) is 0 Å². The van der Waals surface area contributed by atoms with Crippen molar-refractivity contribution in [1.82, 2.24) is 9.97 Å². The van der Waals surface area contributed by atoms with Gasteiger partial charge in [-0.15, -0.1) is 0 Å². The monoisotopic (exact) mass is 194 g/mol. The van der Waals surface area contributed by atoms with Crippen LogP contribution in [0.5, 0.6) is 0 Å². The first kappa shape index (κ1) is 8.59. The Morgan fingerprint density at radius 2 is 2.38 bits per heavy atom. The zero-order valence-corrected chi connectivity index (χ0v) is 8.01. The van der Waals surface area contributed by atoms with Crippen molar-refractivity contribution in [3.8, 4) is 0 Å². The van der Waals surface area contributed by atoms with Gasteiger partial charge in [-0.25, -0.2) is 4.98 Å². The molecule has 1 aromatic carbocycles. The normalized spacial score (nSPS) is 13.4. The summed E-state index contributed by atoms with van der Waals surface area (Å²) >= 11 is 1.41. The standard InChI is InChI=1S/C9H10N2OS/c1-6(12)13-8-4-2-3-7-9(8)11-5-10-7/h2-6,12H,1H3,(H,10,11). The number of H-pyrrole nitrogens is 1. The van der Waals surface area contributed by atoms with Crippen LogP contribution in [0.25, 0.3) is 11.0 Å². The quantitative estimate of drug-likeness (QED) is 0.568. The molecule has 0 bridgehead atoms. The lowest BCUT2D eigenvalue weighted by molar-refractivity contribution is 0.284. The second-order valence-electron chi connectivity index (χ2n) is 2.77. The van der Waals surface area contributed by atoms with Gasteiger partial charge < -0.3 is 10.1 Å². The molecule has 1 heterocycles. The Bertz CT molecular complexity index is 411. The molecule has 2 aromatic rings. The Morgan fingerprint density at radius 1 is 1.54 bits per heavy atom. The van der Waals surface area contributed by atoms with E-state index in [1.54, 1.807) is 13.3 Å². The SMILES string of the molecule is CC(O)Sc1cccc2[nH]cnc12. The predicted octanol–water partition coefficient (Wildman–Crippen LogP) is 1.99. The van der Waals surface area contributed by atoms with Crippen LogP contribution < -0.4 is 0 Å². The van der Waals surface area contributed by atoms with Gasteiger partial charge in [0, 0.05) is 4.90 Å². The molecule has 0 amide bonds. The average molecular weight is 194 g/mol. The second-order valence-corrected chi connectivity index (χ2v) is 4.13. The number of aromatic amines is 1. The number of rotatable bonds is 2. The highest BCUT2D eigenvalue weighted by atomic mass is 32.2. The number of hydrogen-bond donors (Lipinski definition) is 2. The highest BCUT2D eigenvalue weighted by molar-refractivity contribution is 7.99. The predicted molar refractivity (Wildman–Crippen MR) is 53.6 cm³/mol. The lowest BCUT2D eigenvalue weighted by Gasteiger charge is -2.03. The highest BCUT2D eigenvalue weighted by Crippen LogP contribution is 2.27. The molecule has 68 valence electrons. The minimum absolute atomic E-state index is 0.401. The van der Waals surface area contributed by atoms with E-state index in [2.05, 4.69) is 9.97 Å². The number of fused-ring (bicyclic) bond motifs is 1. The van der Waals surface area contributed by atoms with Crippen molar-refractivity contribution in [2.75, 3.05) is 0 Å². The molecule has 1 aromatic heterocycles. The fraction of sp³-hybridized carbons (Fsp3) is 0.222. The van der Waals surface area contributed by atoms with Gasteiger partial charge in [0.15, 0.2) is 0 Å². The maximum absolute atomic E-state index is 9.23. The minimum atomic E-state index is -0.401. The molecule has 1 unspecified atom stereocenters. The molecule has 0 radical (unpaired) electrons. The van der Waals surface area contributed by atoms with Gasteiger partial charge in [0.05, 0.1) is 11.8 Å². The summed E-state index contributed by atoms with van der Waals surface area (Å²) in [6.45, 7) is 1.75. The van der Waals surface area contributed by atoms with Gasteiger partial charge in [0.25, 0.3) is 0 Å². The summed E-state index contributed by atoms with van der Waals surface area (Å²) < 4.78 is 0. The van der Waals surface area contributed by atoms with Crippen LogP contribution in [0, 0.1) is 0 Å². The van der Waals surface area contributed by atoms with E-state index in [4.69, 9.17) is 0 Å². The van der Waals surface area contributed by atoms with E-state index >= 15 is 0 Å². The van der Waals surface area contributed by atoms with E-state index in [-0.39, 0.29) is 0 Å². The molecule has 13 heavy (non-hydrogen) atoms. The molecule has 0 fully saturated rings. The zero-order valence-electron chi connectivity index (χ0n) is 7.19. The number of para-hydroxylation sites is 1. The first-order chi connectivity index (χ1) is 6.27. The lowest BCUT2D eigenvalue weighted by atomic mass is 10.3. The summed E-state index contributed by atoms with van der Waals surface area (Å²) in [7, 11) is 0. The molecule has 0 saturated carbocycles. The molecule has 4 heteroatoms. The number of imidazole rings is 1. The largest absolute Gasteiger partial charge is 0.382 e. The van der Waals surface area contributed by atoms with Crippen molar-refractivity contribution in [3.63, 3.8) is 0 Å². The van der Waals surface area contributed by atoms with Crippen molar-refractivity contribution < 1.29 is 5.11 Å². The molecular weight excluding hydrogens is 184 g/mol. The fourth-order valence-corrected chi connectivity index (χ4v) is 2.02.